The first-order chi connectivity index (χ1) is 14.6. The van der Waals surface area contributed by atoms with Crippen LogP contribution in [0.1, 0.15) is 38.2 Å². The molecule has 1 nitrogen and oxygen atoms in total. The minimum absolute atomic E-state index is 0.0619. The second-order valence-corrected chi connectivity index (χ2v) is 9.09. The first-order valence-electron chi connectivity index (χ1n) is 9.79. The summed E-state index contributed by atoms with van der Waals surface area (Å²) in [6, 6.07) is 32.4. The van der Waals surface area contributed by atoms with E-state index < -0.39 is 0 Å². The maximum atomic E-state index is 13.7. The molecule has 30 heavy (non-hydrogen) atoms. The highest BCUT2D eigenvalue weighted by Gasteiger charge is 2.18. The second-order valence-electron chi connectivity index (χ2n) is 7.26. The Morgan fingerprint density at radius 2 is 0.967 bits per heavy atom. The van der Waals surface area contributed by atoms with E-state index in [0.717, 1.165) is 31.2 Å². The van der Waals surface area contributed by atoms with Crippen LogP contribution in [0.4, 0.5) is 0 Å². The summed E-state index contributed by atoms with van der Waals surface area (Å²) >= 11 is 7.13. The van der Waals surface area contributed by atoms with Gasteiger partial charge in [-0.1, -0.05) is 92.5 Å². The molecular weight excluding hydrogens is 500 g/mol. The Hall–Kier alpha value is -2.49. The highest BCUT2D eigenvalue weighted by atomic mass is 79.9. The summed E-state index contributed by atoms with van der Waals surface area (Å²) in [4.78, 5) is 13.7. The molecule has 0 aliphatic heterocycles. The predicted molar refractivity (Wildman–Crippen MR) is 130 cm³/mol. The van der Waals surface area contributed by atoms with Crippen LogP contribution in [0.2, 0.25) is 0 Å². The lowest BCUT2D eigenvalue weighted by Gasteiger charge is -2.14. The summed E-state index contributed by atoms with van der Waals surface area (Å²) in [6.07, 6.45) is 1.43. The fourth-order valence-corrected chi connectivity index (χ4v) is 4.45. The maximum absolute atomic E-state index is 13.7. The lowest BCUT2D eigenvalue weighted by Crippen LogP contribution is -2.09. The molecule has 0 saturated heterocycles. The number of hydrogen-bond acceptors (Lipinski definition) is 1. The molecule has 0 fully saturated rings. The van der Waals surface area contributed by atoms with Gasteiger partial charge < -0.3 is 0 Å². The Bertz CT molecular complexity index is 1080. The zero-order valence-corrected chi connectivity index (χ0v) is 19.5. The molecule has 3 heteroatoms. The zero-order valence-electron chi connectivity index (χ0n) is 16.3. The molecule has 0 saturated carbocycles. The molecule has 0 unspecified atom stereocenters. The molecule has 0 aromatic heterocycles. The van der Waals surface area contributed by atoms with Crippen LogP contribution in [0.25, 0.3) is 0 Å². The van der Waals surface area contributed by atoms with Crippen molar-refractivity contribution >= 4 is 37.6 Å². The molecule has 0 radical (unpaired) electrons. The Morgan fingerprint density at radius 3 is 1.37 bits per heavy atom. The summed E-state index contributed by atoms with van der Waals surface area (Å²) in [6.45, 7) is 0. The molecule has 0 heterocycles. The van der Waals surface area contributed by atoms with E-state index in [0.29, 0.717) is 12.8 Å². The molecule has 4 rings (SSSR count). The van der Waals surface area contributed by atoms with Gasteiger partial charge in [-0.2, -0.15) is 0 Å². The van der Waals surface area contributed by atoms with Crippen molar-refractivity contribution in [2.24, 2.45) is 0 Å². The second kappa shape index (κ2) is 9.55. The van der Waals surface area contributed by atoms with Crippen LogP contribution in [0.5, 0.6) is 0 Å². The van der Waals surface area contributed by atoms with Gasteiger partial charge in [0.1, 0.15) is 0 Å². The SMILES string of the molecule is O=C(c1ccc(Br)cc1Cc1ccccc1)c1ccc(Br)cc1Cc1ccccc1. The third kappa shape index (κ3) is 4.97. The van der Waals surface area contributed by atoms with Gasteiger partial charge >= 0.3 is 0 Å². The van der Waals surface area contributed by atoms with E-state index in [1.54, 1.807) is 0 Å². The summed E-state index contributed by atoms with van der Waals surface area (Å²) in [5.41, 5.74) is 5.91. The fraction of sp³-hybridized carbons (Fsp3) is 0.0741. The minimum Gasteiger partial charge on any atom is -0.289 e. The number of carbonyl (C=O) groups is 1. The van der Waals surface area contributed by atoms with Crippen LogP contribution in [-0.2, 0) is 12.8 Å². The molecule has 4 aromatic carbocycles. The van der Waals surface area contributed by atoms with Crippen molar-refractivity contribution < 1.29 is 4.79 Å². The maximum Gasteiger partial charge on any atom is 0.193 e. The molecule has 0 N–H and O–H groups in total. The molecule has 0 aliphatic carbocycles. The summed E-state index contributed by atoms with van der Waals surface area (Å²) in [5.74, 6) is 0.0619. The number of halogens is 2. The van der Waals surface area contributed by atoms with Crippen molar-refractivity contribution in [2.45, 2.75) is 12.8 Å². The van der Waals surface area contributed by atoms with Crippen LogP contribution in [0, 0.1) is 0 Å². The molecule has 148 valence electrons. The Labute approximate surface area is 194 Å². The van der Waals surface area contributed by atoms with Crippen LogP contribution in [-0.4, -0.2) is 5.78 Å². The smallest absolute Gasteiger partial charge is 0.193 e. The third-order valence-electron chi connectivity index (χ3n) is 5.10. The van der Waals surface area contributed by atoms with Crippen molar-refractivity contribution in [1.29, 1.82) is 0 Å². The topological polar surface area (TPSA) is 17.1 Å². The van der Waals surface area contributed by atoms with Gasteiger partial charge in [0.05, 0.1) is 0 Å². The van der Waals surface area contributed by atoms with Gasteiger partial charge in [0.25, 0.3) is 0 Å². The number of ketones is 1. The average Bonchev–Trinajstić information content (AvgIpc) is 2.75. The highest BCUT2D eigenvalue weighted by molar-refractivity contribution is 9.10. The van der Waals surface area contributed by atoms with E-state index in [2.05, 4.69) is 68.3 Å². The lowest BCUT2D eigenvalue weighted by molar-refractivity contribution is 0.103. The molecular formula is C27H20Br2O. The van der Waals surface area contributed by atoms with E-state index in [4.69, 9.17) is 0 Å². The lowest BCUT2D eigenvalue weighted by atomic mass is 9.90. The van der Waals surface area contributed by atoms with Crippen LogP contribution < -0.4 is 0 Å². The van der Waals surface area contributed by atoms with E-state index in [-0.39, 0.29) is 5.78 Å². The van der Waals surface area contributed by atoms with Crippen LogP contribution in [0.3, 0.4) is 0 Å². The molecule has 0 bridgehead atoms. The van der Waals surface area contributed by atoms with Gasteiger partial charge in [-0.05, 0) is 71.5 Å². The van der Waals surface area contributed by atoms with Gasteiger partial charge in [-0.15, -0.1) is 0 Å². The quantitative estimate of drug-likeness (QED) is 0.239. The normalized spacial score (nSPS) is 10.7. The number of rotatable bonds is 6. The first-order valence-corrected chi connectivity index (χ1v) is 11.4. The molecule has 0 spiro atoms. The van der Waals surface area contributed by atoms with E-state index in [1.807, 2.05) is 60.7 Å². The Kier molecular flexibility index (Phi) is 6.61. The molecule has 0 amide bonds. The van der Waals surface area contributed by atoms with Gasteiger partial charge in [0.2, 0.25) is 0 Å². The highest BCUT2D eigenvalue weighted by Crippen LogP contribution is 2.26. The first kappa shape index (κ1) is 20.8. The van der Waals surface area contributed by atoms with E-state index >= 15 is 0 Å². The zero-order chi connectivity index (χ0) is 20.9. The fourth-order valence-electron chi connectivity index (χ4n) is 3.64. The molecule has 0 aliphatic rings. The Morgan fingerprint density at radius 1 is 0.567 bits per heavy atom. The van der Waals surface area contributed by atoms with Gasteiger partial charge in [-0.3, -0.25) is 4.79 Å². The standard InChI is InChI=1S/C27H20Br2O/c28-23-11-13-25(21(17-23)15-19-7-3-1-4-8-19)27(30)26-14-12-24(29)18-22(26)16-20-9-5-2-6-10-20/h1-14,17-18H,15-16H2. The van der Waals surface area contributed by atoms with Crippen molar-refractivity contribution in [3.8, 4) is 0 Å². The molecule has 0 atom stereocenters. The average molecular weight is 520 g/mol. The largest absolute Gasteiger partial charge is 0.289 e. The Balaban J connectivity index is 1.73. The summed E-state index contributed by atoms with van der Waals surface area (Å²) in [7, 11) is 0. The third-order valence-corrected chi connectivity index (χ3v) is 6.09. The monoisotopic (exact) mass is 518 g/mol. The van der Waals surface area contributed by atoms with Crippen molar-refractivity contribution in [3.05, 3.63) is 139 Å². The predicted octanol–water partition coefficient (Wildman–Crippen LogP) is 7.62. The van der Waals surface area contributed by atoms with Gasteiger partial charge in [0, 0.05) is 20.1 Å². The number of benzene rings is 4. The van der Waals surface area contributed by atoms with Crippen molar-refractivity contribution in [1.82, 2.24) is 0 Å². The molecule has 4 aromatic rings. The van der Waals surface area contributed by atoms with Gasteiger partial charge in [0.15, 0.2) is 5.78 Å². The minimum atomic E-state index is 0.0619. The summed E-state index contributed by atoms with van der Waals surface area (Å²) in [5, 5.41) is 0. The van der Waals surface area contributed by atoms with Crippen molar-refractivity contribution in [2.75, 3.05) is 0 Å². The van der Waals surface area contributed by atoms with Crippen LogP contribution >= 0.6 is 31.9 Å². The van der Waals surface area contributed by atoms with Crippen LogP contribution in [0.15, 0.2) is 106 Å². The van der Waals surface area contributed by atoms with Crippen molar-refractivity contribution in [3.63, 3.8) is 0 Å². The number of hydrogen-bond donors (Lipinski definition) is 0. The van der Waals surface area contributed by atoms with E-state index in [9.17, 15) is 4.79 Å². The van der Waals surface area contributed by atoms with Gasteiger partial charge in [-0.25, -0.2) is 0 Å². The number of carbonyl (C=O) groups excluding carboxylic acids is 1. The summed E-state index contributed by atoms with van der Waals surface area (Å²) < 4.78 is 1.95. The van der Waals surface area contributed by atoms with E-state index in [1.165, 1.54) is 11.1 Å².